The molecule has 0 aromatic heterocycles. The molecule has 0 spiro atoms. The topological polar surface area (TPSA) is 26.3 Å². The van der Waals surface area contributed by atoms with Crippen LogP contribution in [-0.2, 0) is 16.0 Å². The first-order chi connectivity index (χ1) is 10.6. The summed E-state index contributed by atoms with van der Waals surface area (Å²) < 4.78 is 19.1. The molecule has 2 nitrogen and oxygen atoms in total. The van der Waals surface area contributed by atoms with Crippen LogP contribution in [0.15, 0.2) is 70.4 Å². The first-order valence-electron chi connectivity index (χ1n) is 6.74. The highest BCUT2D eigenvalue weighted by Gasteiger charge is 2.21. The van der Waals surface area contributed by atoms with E-state index in [2.05, 4.69) is 15.9 Å². The summed E-state index contributed by atoms with van der Waals surface area (Å²) in [7, 11) is 0. The van der Waals surface area contributed by atoms with Crippen LogP contribution < -0.4 is 0 Å². The van der Waals surface area contributed by atoms with Crippen LogP contribution in [-0.4, -0.2) is 5.97 Å². The number of hydrogen-bond donors (Lipinski definition) is 0. The van der Waals surface area contributed by atoms with Crippen molar-refractivity contribution in [2.24, 2.45) is 0 Å². The van der Waals surface area contributed by atoms with Gasteiger partial charge in [-0.2, -0.15) is 0 Å². The average Bonchev–Trinajstić information content (AvgIpc) is 2.84. The minimum atomic E-state index is -0.337. The zero-order valence-electron chi connectivity index (χ0n) is 11.6. The lowest BCUT2D eigenvalue weighted by Crippen LogP contribution is -2.01. The van der Waals surface area contributed by atoms with Crippen molar-refractivity contribution in [1.29, 1.82) is 0 Å². The second kappa shape index (κ2) is 6.28. The number of ether oxygens (including phenoxy) is 1. The van der Waals surface area contributed by atoms with E-state index in [0.717, 1.165) is 15.6 Å². The Morgan fingerprint density at radius 3 is 2.41 bits per heavy atom. The minimum Gasteiger partial charge on any atom is -0.423 e. The molecule has 4 heteroatoms. The van der Waals surface area contributed by atoms with Crippen molar-refractivity contribution in [3.8, 4) is 0 Å². The molecule has 22 heavy (non-hydrogen) atoms. The van der Waals surface area contributed by atoms with Gasteiger partial charge in [-0.3, -0.25) is 0 Å². The van der Waals surface area contributed by atoms with Crippen molar-refractivity contribution in [1.82, 2.24) is 0 Å². The van der Waals surface area contributed by atoms with Crippen LogP contribution in [0.5, 0.6) is 0 Å². The Morgan fingerprint density at radius 2 is 1.73 bits per heavy atom. The van der Waals surface area contributed by atoms with Crippen molar-refractivity contribution in [3.05, 3.63) is 87.4 Å². The van der Waals surface area contributed by atoms with E-state index in [-0.39, 0.29) is 11.8 Å². The van der Waals surface area contributed by atoms with Gasteiger partial charge in [-0.25, -0.2) is 9.18 Å². The SMILES string of the molecule is O=C1O/C(=C\c2ccc(F)cc2)C=C1Cc1ccc(Br)cc1. The molecule has 1 heterocycles. The number of carbonyl (C=O) groups excluding carboxylic acids is 1. The molecular weight excluding hydrogens is 347 g/mol. The van der Waals surface area contributed by atoms with Crippen molar-refractivity contribution < 1.29 is 13.9 Å². The first-order valence-corrected chi connectivity index (χ1v) is 7.54. The van der Waals surface area contributed by atoms with E-state index in [9.17, 15) is 9.18 Å². The number of esters is 1. The van der Waals surface area contributed by atoms with Gasteiger partial charge in [0.15, 0.2) is 0 Å². The molecule has 110 valence electrons. The van der Waals surface area contributed by atoms with Gasteiger partial charge in [0, 0.05) is 16.5 Å². The maximum Gasteiger partial charge on any atom is 0.339 e. The lowest BCUT2D eigenvalue weighted by molar-refractivity contribution is -0.133. The van der Waals surface area contributed by atoms with Gasteiger partial charge in [0.2, 0.25) is 0 Å². The van der Waals surface area contributed by atoms with Gasteiger partial charge in [0.05, 0.1) is 0 Å². The molecular formula is C18H12BrFO2. The normalized spacial score (nSPS) is 15.8. The van der Waals surface area contributed by atoms with Gasteiger partial charge in [0.25, 0.3) is 0 Å². The molecule has 2 aromatic rings. The Hall–Kier alpha value is -2.20. The van der Waals surface area contributed by atoms with Crippen LogP contribution in [0.4, 0.5) is 4.39 Å². The van der Waals surface area contributed by atoms with Crippen molar-refractivity contribution in [3.63, 3.8) is 0 Å². The molecule has 1 aliphatic rings. The summed E-state index contributed by atoms with van der Waals surface area (Å²) >= 11 is 3.38. The van der Waals surface area contributed by atoms with Gasteiger partial charge in [-0.15, -0.1) is 0 Å². The summed E-state index contributed by atoms with van der Waals surface area (Å²) in [5.74, 6) is -0.156. The van der Waals surface area contributed by atoms with Crippen molar-refractivity contribution in [2.75, 3.05) is 0 Å². The summed E-state index contributed by atoms with van der Waals surface area (Å²) in [6, 6.07) is 13.8. The fraction of sp³-hybridized carbons (Fsp3) is 0.0556. The van der Waals surface area contributed by atoms with E-state index in [0.29, 0.717) is 17.8 Å². The van der Waals surface area contributed by atoms with Crippen LogP contribution in [0.25, 0.3) is 6.08 Å². The van der Waals surface area contributed by atoms with Gasteiger partial charge in [-0.05, 0) is 47.5 Å². The van der Waals surface area contributed by atoms with Crippen LogP contribution >= 0.6 is 15.9 Å². The van der Waals surface area contributed by atoms with Gasteiger partial charge >= 0.3 is 5.97 Å². The molecule has 0 amide bonds. The van der Waals surface area contributed by atoms with E-state index in [4.69, 9.17) is 4.74 Å². The van der Waals surface area contributed by atoms with E-state index >= 15 is 0 Å². The third-order valence-electron chi connectivity index (χ3n) is 3.28. The monoisotopic (exact) mass is 358 g/mol. The molecule has 1 aliphatic heterocycles. The predicted molar refractivity (Wildman–Crippen MR) is 86.4 cm³/mol. The third-order valence-corrected chi connectivity index (χ3v) is 3.80. The Kier molecular flexibility index (Phi) is 4.20. The maximum absolute atomic E-state index is 12.9. The van der Waals surface area contributed by atoms with Gasteiger partial charge in [-0.1, -0.05) is 40.2 Å². The molecule has 0 unspecified atom stereocenters. The summed E-state index contributed by atoms with van der Waals surface area (Å²) in [5, 5.41) is 0. The number of carbonyl (C=O) groups is 1. The molecule has 0 bridgehead atoms. The zero-order chi connectivity index (χ0) is 15.5. The lowest BCUT2D eigenvalue weighted by atomic mass is 10.1. The fourth-order valence-electron chi connectivity index (χ4n) is 2.17. The quantitative estimate of drug-likeness (QED) is 0.746. The van der Waals surface area contributed by atoms with Crippen LogP contribution in [0.3, 0.4) is 0 Å². The van der Waals surface area contributed by atoms with E-state index in [1.165, 1.54) is 12.1 Å². The number of allylic oxidation sites excluding steroid dienone is 1. The number of rotatable bonds is 3. The molecule has 0 fully saturated rings. The summed E-state index contributed by atoms with van der Waals surface area (Å²) in [6.07, 6.45) is 3.96. The second-order valence-electron chi connectivity index (χ2n) is 4.96. The van der Waals surface area contributed by atoms with Gasteiger partial charge in [0.1, 0.15) is 11.6 Å². The second-order valence-corrected chi connectivity index (χ2v) is 5.88. The summed E-state index contributed by atoms with van der Waals surface area (Å²) in [5.41, 5.74) is 2.43. The smallest absolute Gasteiger partial charge is 0.339 e. The van der Waals surface area contributed by atoms with Crippen LogP contribution in [0.1, 0.15) is 11.1 Å². The number of halogens is 2. The lowest BCUT2D eigenvalue weighted by Gasteiger charge is -2.00. The molecule has 0 aliphatic carbocycles. The molecule has 3 rings (SSSR count). The molecule has 0 saturated carbocycles. The molecule has 0 N–H and O–H groups in total. The van der Waals surface area contributed by atoms with E-state index < -0.39 is 0 Å². The Morgan fingerprint density at radius 1 is 1.05 bits per heavy atom. The molecule has 2 aromatic carbocycles. The van der Waals surface area contributed by atoms with Gasteiger partial charge < -0.3 is 4.74 Å². The van der Waals surface area contributed by atoms with Crippen LogP contribution in [0.2, 0.25) is 0 Å². The summed E-state index contributed by atoms with van der Waals surface area (Å²) in [4.78, 5) is 11.9. The minimum absolute atomic E-state index is 0.294. The highest BCUT2D eigenvalue weighted by Crippen LogP contribution is 2.23. The first kappa shape index (κ1) is 14.7. The van der Waals surface area contributed by atoms with E-state index in [1.807, 2.05) is 24.3 Å². The number of benzene rings is 2. The Labute approximate surface area is 136 Å². The maximum atomic E-state index is 12.9. The van der Waals surface area contributed by atoms with Crippen LogP contribution in [0, 0.1) is 5.82 Å². The Balaban J connectivity index is 1.79. The molecule has 0 saturated heterocycles. The third kappa shape index (κ3) is 3.52. The molecule has 0 radical (unpaired) electrons. The Bertz CT molecular complexity index is 759. The highest BCUT2D eigenvalue weighted by atomic mass is 79.9. The average molecular weight is 359 g/mol. The highest BCUT2D eigenvalue weighted by molar-refractivity contribution is 9.10. The standard InChI is InChI=1S/C18H12BrFO2/c19-15-5-1-12(2-6-15)9-14-11-17(22-18(14)21)10-13-3-7-16(20)8-4-13/h1-8,10-11H,9H2/b17-10-. The molecule has 0 atom stereocenters. The number of hydrogen-bond acceptors (Lipinski definition) is 2. The van der Waals surface area contributed by atoms with E-state index in [1.54, 1.807) is 24.3 Å². The fourth-order valence-corrected chi connectivity index (χ4v) is 2.44. The number of cyclic esters (lactones) is 1. The summed E-state index contributed by atoms with van der Waals surface area (Å²) in [6.45, 7) is 0. The largest absolute Gasteiger partial charge is 0.423 e. The predicted octanol–water partition coefficient (Wildman–Crippen LogP) is 4.66. The van der Waals surface area contributed by atoms with Crippen molar-refractivity contribution >= 4 is 28.0 Å². The van der Waals surface area contributed by atoms with Crippen molar-refractivity contribution in [2.45, 2.75) is 6.42 Å². The zero-order valence-corrected chi connectivity index (χ0v) is 13.1.